The maximum Gasteiger partial charge on any atom is -0.0363 e. The number of hydrogen-bond acceptors (Lipinski definition) is 0. The predicted octanol–water partition coefficient (Wildman–Crippen LogP) is 17.6. The second-order valence-electron chi connectivity index (χ2n) is 16.5. The molecule has 0 aromatic carbocycles. The van der Waals surface area contributed by atoms with Gasteiger partial charge in [-0.25, -0.2) is 0 Å². The van der Waals surface area contributed by atoms with Crippen molar-refractivity contribution >= 4 is 0 Å². The van der Waals surface area contributed by atoms with E-state index >= 15 is 0 Å². The minimum Gasteiger partial charge on any atom is -0.0654 e. The molecule has 0 aromatic rings. The zero-order valence-corrected chi connectivity index (χ0v) is 33.8. The van der Waals surface area contributed by atoms with Crippen molar-refractivity contribution in [2.75, 3.05) is 0 Å². The van der Waals surface area contributed by atoms with E-state index in [0.29, 0.717) is 0 Å². The Morgan fingerprint density at radius 3 is 0.826 bits per heavy atom. The third kappa shape index (κ3) is 32.5. The standard InChI is InChI=1S/C46H94/c1-7-10-12-14-16-18-20-22-24-26-27-29-31-33-35-37-39-44(5)46(45(6)42-41-43(4)9-3)40-38-36-34-32-30-28-25-23-21-19-17-15-13-11-8-2/h43-46H,7-42H2,1-6H3. The van der Waals surface area contributed by atoms with E-state index in [1.54, 1.807) is 0 Å². The van der Waals surface area contributed by atoms with Gasteiger partial charge in [-0.1, -0.05) is 266 Å². The maximum atomic E-state index is 2.63. The predicted molar refractivity (Wildman–Crippen MR) is 214 cm³/mol. The van der Waals surface area contributed by atoms with Crippen molar-refractivity contribution in [3.05, 3.63) is 0 Å². The third-order valence-corrected chi connectivity index (χ3v) is 11.9. The molecule has 0 nitrogen and oxygen atoms in total. The van der Waals surface area contributed by atoms with Crippen molar-refractivity contribution in [3.63, 3.8) is 0 Å². The lowest BCUT2D eigenvalue weighted by atomic mass is 9.75. The van der Waals surface area contributed by atoms with E-state index in [-0.39, 0.29) is 0 Å². The molecule has 0 heteroatoms. The second kappa shape index (κ2) is 37.8. The molecule has 0 aromatic heterocycles. The van der Waals surface area contributed by atoms with Crippen LogP contribution in [0.3, 0.4) is 0 Å². The van der Waals surface area contributed by atoms with Crippen LogP contribution >= 0.6 is 0 Å². The van der Waals surface area contributed by atoms with E-state index in [9.17, 15) is 0 Å². The van der Waals surface area contributed by atoms with Gasteiger partial charge in [0.1, 0.15) is 0 Å². The summed E-state index contributed by atoms with van der Waals surface area (Å²) in [6.45, 7) is 14.7. The molecule has 4 unspecified atom stereocenters. The van der Waals surface area contributed by atoms with Gasteiger partial charge in [-0.05, 0) is 30.1 Å². The Balaban J connectivity index is 3.96. The Kier molecular flexibility index (Phi) is 37.8. The van der Waals surface area contributed by atoms with Crippen LogP contribution in [0.25, 0.3) is 0 Å². The first-order chi connectivity index (χ1) is 22.6. The Morgan fingerprint density at radius 2 is 0.522 bits per heavy atom. The summed E-state index contributed by atoms with van der Waals surface area (Å²) in [7, 11) is 0. The zero-order chi connectivity index (χ0) is 33.8. The van der Waals surface area contributed by atoms with Crippen LogP contribution in [0.2, 0.25) is 0 Å². The summed E-state index contributed by atoms with van der Waals surface area (Å²) in [6.07, 6.45) is 52.9. The molecule has 0 amide bonds. The fourth-order valence-corrected chi connectivity index (χ4v) is 8.08. The van der Waals surface area contributed by atoms with Crippen molar-refractivity contribution in [1.29, 1.82) is 0 Å². The van der Waals surface area contributed by atoms with Crippen molar-refractivity contribution in [2.45, 2.75) is 273 Å². The molecule has 0 N–H and O–H groups in total. The smallest absolute Gasteiger partial charge is 0.0363 e. The molecule has 0 aliphatic carbocycles. The van der Waals surface area contributed by atoms with Gasteiger partial charge >= 0.3 is 0 Å². The van der Waals surface area contributed by atoms with Gasteiger partial charge in [0.25, 0.3) is 0 Å². The molecule has 4 atom stereocenters. The molecule has 0 saturated heterocycles. The molecule has 0 radical (unpaired) electrons. The van der Waals surface area contributed by atoms with Gasteiger partial charge in [0, 0.05) is 0 Å². The highest BCUT2D eigenvalue weighted by molar-refractivity contribution is 4.74. The molecule has 0 aliphatic heterocycles. The average molecular weight is 647 g/mol. The molecule has 0 saturated carbocycles. The van der Waals surface area contributed by atoms with Crippen LogP contribution in [0.15, 0.2) is 0 Å². The lowest BCUT2D eigenvalue weighted by Crippen LogP contribution is -2.21. The van der Waals surface area contributed by atoms with Gasteiger partial charge in [-0.15, -0.1) is 0 Å². The van der Waals surface area contributed by atoms with Crippen LogP contribution in [0.1, 0.15) is 273 Å². The van der Waals surface area contributed by atoms with E-state index < -0.39 is 0 Å². The van der Waals surface area contributed by atoms with Crippen LogP contribution in [0.5, 0.6) is 0 Å². The van der Waals surface area contributed by atoms with Crippen LogP contribution in [0, 0.1) is 23.7 Å². The highest BCUT2D eigenvalue weighted by Gasteiger charge is 2.23. The summed E-state index contributed by atoms with van der Waals surface area (Å²) in [5, 5.41) is 0. The SMILES string of the molecule is CCCCCCCCCCCCCCCCCCC(C)C(CCCCCCCCCCCCCCCCC)C(C)CCC(C)CC. The Bertz CT molecular complexity index is 536. The molecule has 46 heavy (non-hydrogen) atoms. The topological polar surface area (TPSA) is 0 Å². The first kappa shape index (κ1) is 46.0. The Hall–Kier alpha value is 0. The van der Waals surface area contributed by atoms with Gasteiger partial charge in [0.05, 0.1) is 0 Å². The van der Waals surface area contributed by atoms with Crippen LogP contribution < -0.4 is 0 Å². The van der Waals surface area contributed by atoms with E-state index in [2.05, 4.69) is 41.5 Å². The average Bonchev–Trinajstić information content (AvgIpc) is 3.06. The first-order valence-electron chi connectivity index (χ1n) is 22.6. The van der Waals surface area contributed by atoms with Gasteiger partial charge in [-0.3, -0.25) is 0 Å². The summed E-state index contributed by atoms with van der Waals surface area (Å²) in [5.41, 5.74) is 0. The monoisotopic (exact) mass is 647 g/mol. The molecule has 0 spiro atoms. The largest absolute Gasteiger partial charge is 0.0654 e. The molecular weight excluding hydrogens is 553 g/mol. The van der Waals surface area contributed by atoms with Crippen LogP contribution in [-0.2, 0) is 0 Å². The number of rotatable bonds is 39. The van der Waals surface area contributed by atoms with Gasteiger partial charge in [-0.2, -0.15) is 0 Å². The van der Waals surface area contributed by atoms with Crippen LogP contribution in [-0.4, -0.2) is 0 Å². The third-order valence-electron chi connectivity index (χ3n) is 11.9. The zero-order valence-electron chi connectivity index (χ0n) is 33.8. The van der Waals surface area contributed by atoms with E-state index in [1.165, 1.54) is 231 Å². The normalized spacial score (nSPS) is 14.5. The van der Waals surface area contributed by atoms with Crippen LogP contribution in [0.4, 0.5) is 0 Å². The van der Waals surface area contributed by atoms with Crippen molar-refractivity contribution in [3.8, 4) is 0 Å². The highest BCUT2D eigenvalue weighted by Crippen LogP contribution is 2.34. The number of hydrogen-bond donors (Lipinski definition) is 0. The molecule has 0 fully saturated rings. The quantitative estimate of drug-likeness (QED) is 0.0583. The summed E-state index contributed by atoms with van der Waals surface area (Å²) in [5.74, 6) is 3.70. The molecular formula is C46H94. The molecule has 0 bridgehead atoms. The fourth-order valence-electron chi connectivity index (χ4n) is 8.08. The van der Waals surface area contributed by atoms with Crippen molar-refractivity contribution in [2.24, 2.45) is 23.7 Å². The second-order valence-corrected chi connectivity index (χ2v) is 16.5. The summed E-state index contributed by atoms with van der Waals surface area (Å²) in [4.78, 5) is 0. The first-order valence-corrected chi connectivity index (χ1v) is 22.6. The number of unbranched alkanes of at least 4 members (excludes halogenated alkanes) is 29. The van der Waals surface area contributed by atoms with Gasteiger partial charge in [0.2, 0.25) is 0 Å². The Labute approximate surface area is 295 Å². The Morgan fingerprint density at radius 1 is 0.261 bits per heavy atom. The highest BCUT2D eigenvalue weighted by atomic mass is 14.3. The summed E-state index contributed by atoms with van der Waals surface area (Å²) in [6, 6.07) is 0. The van der Waals surface area contributed by atoms with E-state index in [1.807, 2.05) is 0 Å². The maximum absolute atomic E-state index is 2.63. The molecule has 0 aliphatic rings. The van der Waals surface area contributed by atoms with Gasteiger partial charge < -0.3 is 0 Å². The van der Waals surface area contributed by atoms with Crippen molar-refractivity contribution in [1.82, 2.24) is 0 Å². The minimum absolute atomic E-state index is 0.907. The summed E-state index contributed by atoms with van der Waals surface area (Å²) < 4.78 is 0. The fraction of sp³-hybridized carbons (Fsp3) is 1.00. The minimum atomic E-state index is 0.907. The van der Waals surface area contributed by atoms with E-state index in [4.69, 9.17) is 0 Å². The lowest BCUT2D eigenvalue weighted by Gasteiger charge is -2.31. The van der Waals surface area contributed by atoms with Crippen molar-refractivity contribution < 1.29 is 0 Å². The van der Waals surface area contributed by atoms with Gasteiger partial charge in [0.15, 0.2) is 0 Å². The van der Waals surface area contributed by atoms with E-state index in [0.717, 1.165) is 23.7 Å². The molecule has 0 rings (SSSR count). The lowest BCUT2D eigenvalue weighted by molar-refractivity contribution is 0.199. The molecule has 278 valence electrons. The summed E-state index contributed by atoms with van der Waals surface area (Å²) >= 11 is 0. The molecule has 0 heterocycles.